The molecule has 5 nitrogen and oxygen atoms in total. The summed E-state index contributed by atoms with van der Waals surface area (Å²) in [5, 5.41) is 10.8. The van der Waals surface area contributed by atoms with Gasteiger partial charge in [-0.25, -0.2) is 4.98 Å². The molecule has 2 rings (SSSR count). The van der Waals surface area contributed by atoms with Crippen LogP contribution in [0, 0.1) is 17.0 Å². The van der Waals surface area contributed by atoms with Crippen molar-refractivity contribution in [2.45, 2.75) is 6.92 Å². The van der Waals surface area contributed by atoms with Crippen molar-refractivity contribution in [3.63, 3.8) is 0 Å². The fraction of sp³-hybridized carbons (Fsp3) is 0.0833. The number of rotatable bonds is 3. The second-order valence-corrected chi connectivity index (χ2v) is 4.51. The number of benzene rings is 1. The highest BCUT2D eigenvalue weighted by atomic mass is 79.9. The normalized spacial score (nSPS) is 10.1. The highest BCUT2D eigenvalue weighted by molar-refractivity contribution is 9.10. The third-order valence-electron chi connectivity index (χ3n) is 2.30. The highest BCUT2D eigenvalue weighted by Gasteiger charge is 2.17. The number of aryl methyl sites for hydroxylation is 1. The van der Waals surface area contributed by atoms with Gasteiger partial charge in [0.1, 0.15) is 5.75 Å². The average molecular weight is 309 g/mol. The smallest absolute Gasteiger partial charge is 0.331 e. The van der Waals surface area contributed by atoms with Crippen molar-refractivity contribution in [2.75, 3.05) is 0 Å². The maximum atomic E-state index is 10.8. The molecular formula is C12H9BrN2O3. The number of nitrogens with zero attached hydrogens (tertiary/aromatic N) is 2. The van der Waals surface area contributed by atoms with E-state index in [0.717, 1.165) is 10.0 Å². The van der Waals surface area contributed by atoms with Gasteiger partial charge in [0.25, 0.3) is 5.88 Å². The summed E-state index contributed by atoms with van der Waals surface area (Å²) in [5.41, 5.74) is 0.718. The number of ether oxygens (including phenoxy) is 1. The average Bonchev–Trinajstić information content (AvgIpc) is 2.34. The number of halogens is 1. The van der Waals surface area contributed by atoms with E-state index >= 15 is 0 Å². The Bertz CT molecular complexity index is 602. The summed E-state index contributed by atoms with van der Waals surface area (Å²) in [5.74, 6) is 0.523. The van der Waals surface area contributed by atoms with Crippen LogP contribution < -0.4 is 4.74 Å². The van der Waals surface area contributed by atoms with E-state index in [1.165, 1.54) is 18.3 Å². The number of hydrogen-bond acceptors (Lipinski definition) is 4. The van der Waals surface area contributed by atoms with E-state index in [2.05, 4.69) is 20.9 Å². The van der Waals surface area contributed by atoms with Crippen LogP contribution in [0.15, 0.2) is 41.0 Å². The summed E-state index contributed by atoms with van der Waals surface area (Å²) in [6, 6.07) is 8.32. The number of aromatic nitrogens is 1. The Kier molecular flexibility index (Phi) is 3.57. The third-order valence-corrected chi connectivity index (χ3v) is 2.80. The lowest BCUT2D eigenvalue weighted by atomic mass is 10.2. The molecule has 0 atom stereocenters. The molecule has 0 aliphatic rings. The Morgan fingerprint density at radius 2 is 2.17 bits per heavy atom. The topological polar surface area (TPSA) is 65.3 Å². The minimum absolute atomic E-state index is 0.0105. The van der Waals surface area contributed by atoms with Gasteiger partial charge < -0.3 is 4.74 Å². The van der Waals surface area contributed by atoms with E-state index in [1.807, 2.05) is 19.1 Å². The first-order valence-corrected chi connectivity index (χ1v) is 5.90. The monoisotopic (exact) mass is 308 g/mol. The van der Waals surface area contributed by atoms with Gasteiger partial charge in [-0.15, -0.1) is 0 Å². The van der Waals surface area contributed by atoms with E-state index in [9.17, 15) is 10.1 Å². The Balaban J connectivity index is 2.40. The number of nitro groups is 1. The Morgan fingerprint density at radius 1 is 1.39 bits per heavy atom. The first-order valence-electron chi connectivity index (χ1n) is 5.11. The van der Waals surface area contributed by atoms with Crippen molar-refractivity contribution in [2.24, 2.45) is 0 Å². The zero-order valence-electron chi connectivity index (χ0n) is 9.46. The molecule has 0 spiro atoms. The van der Waals surface area contributed by atoms with Gasteiger partial charge in [-0.05, 0) is 30.7 Å². The molecule has 92 valence electrons. The summed E-state index contributed by atoms with van der Waals surface area (Å²) >= 11 is 3.32. The SMILES string of the molecule is Cc1ccc(Br)cc1Oc1ncccc1[N+](=O)[O-]. The van der Waals surface area contributed by atoms with Crippen molar-refractivity contribution in [1.82, 2.24) is 4.98 Å². The van der Waals surface area contributed by atoms with E-state index in [1.54, 1.807) is 6.07 Å². The lowest BCUT2D eigenvalue weighted by molar-refractivity contribution is -0.386. The molecule has 1 aromatic heterocycles. The largest absolute Gasteiger partial charge is 0.433 e. The van der Waals surface area contributed by atoms with E-state index in [0.29, 0.717) is 5.75 Å². The van der Waals surface area contributed by atoms with Crippen LogP contribution in [0.25, 0.3) is 0 Å². The Hall–Kier alpha value is -1.95. The standard InChI is InChI=1S/C12H9BrN2O3/c1-8-4-5-9(13)7-11(8)18-12-10(15(16)17)3-2-6-14-12/h2-7H,1H3. The van der Waals surface area contributed by atoms with Gasteiger partial charge in [0, 0.05) is 16.7 Å². The lowest BCUT2D eigenvalue weighted by Gasteiger charge is -2.08. The van der Waals surface area contributed by atoms with Crippen molar-refractivity contribution in [3.8, 4) is 11.6 Å². The molecule has 18 heavy (non-hydrogen) atoms. The highest BCUT2D eigenvalue weighted by Crippen LogP contribution is 2.31. The minimum Gasteiger partial charge on any atom is -0.433 e. The van der Waals surface area contributed by atoms with Gasteiger partial charge >= 0.3 is 5.69 Å². The molecule has 0 bridgehead atoms. The molecular weight excluding hydrogens is 300 g/mol. The second-order valence-electron chi connectivity index (χ2n) is 3.60. The van der Waals surface area contributed by atoms with Crippen molar-refractivity contribution < 1.29 is 9.66 Å². The van der Waals surface area contributed by atoms with Crippen LogP contribution >= 0.6 is 15.9 Å². The van der Waals surface area contributed by atoms with Gasteiger partial charge in [0.2, 0.25) is 0 Å². The minimum atomic E-state index is -0.518. The van der Waals surface area contributed by atoms with Crippen LogP contribution in [0.4, 0.5) is 5.69 Å². The maximum absolute atomic E-state index is 10.8. The lowest BCUT2D eigenvalue weighted by Crippen LogP contribution is -1.96. The zero-order valence-corrected chi connectivity index (χ0v) is 11.0. The molecule has 0 N–H and O–H groups in total. The fourth-order valence-corrected chi connectivity index (χ4v) is 1.73. The van der Waals surface area contributed by atoms with Crippen LogP contribution in [0.3, 0.4) is 0 Å². The van der Waals surface area contributed by atoms with E-state index in [-0.39, 0.29) is 11.6 Å². The summed E-state index contributed by atoms with van der Waals surface area (Å²) < 4.78 is 6.33. The zero-order chi connectivity index (χ0) is 13.1. The van der Waals surface area contributed by atoms with Crippen LogP contribution in [0.2, 0.25) is 0 Å². The molecule has 0 unspecified atom stereocenters. The summed E-state index contributed by atoms with van der Waals surface area (Å²) in [7, 11) is 0. The summed E-state index contributed by atoms with van der Waals surface area (Å²) in [4.78, 5) is 14.2. The van der Waals surface area contributed by atoms with Crippen molar-refractivity contribution in [1.29, 1.82) is 0 Å². The Morgan fingerprint density at radius 3 is 2.89 bits per heavy atom. The first-order chi connectivity index (χ1) is 8.58. The van der Waals surface area contributed by atoms with Gasteiger partial charge in [0.15, 0.2) is 0 Å². The van der Waals surface area contributed by atoms with Gasteiger partial charge in [-0.3, -0.25) is 10.1 Å². The molecule has 0 saturated heterocycles. The molecule has 1 aromatic carbocycles. The third kappa shape index (κ3) is 2.65. The van der Waals surface area contributed by atoms with Gasteiger partial charge in [-0.1, -0.05) is 22.0 Å². The number of hydrogen-bond donors (Lipinski definition) is 0. The van der Waals surface area contributed by atoms with Crippen molar-refractivity contribution >= 4 is 21.6 Å². The molecule has 0 aliphatic heterocycles. The molecule has 0 saturated carbocycles. The molecule has 0 fully saturated rings. The molecule has 0 aliphatic carbocycles. The molecule has 2 aromatic rings. The van der Waals surface area contributed by atoms with Crippen molar-refractivity contribution in [3.05, 3.63) is 56.7 Å². The second kappa shape index (κ2) is 5.14. The molecule has 6 heteroatoms. The van der Waals surface area contributed by atoms with Crippen LogP contribution in [-0.2, 0) is 0 Å². The fourth-order valence-electron chi connectivity index (χ4n) is 1.39. The van der Waals surface area contributed by atoms with Crippen LogP contribution in [0.1, 0.15) is 5.56 Å². The quantitative estimate of drug-likeness (QED) is 0.638. The Labute approximate surface area is 112 Å². The first kappa shape index (κ1) is 12.5. The predicted octanol–water partition coefficient (Wildman–Crippen LogP) is 3.85. The summed E-state index contributed by atoms with van der Waals surface area (Å²) in [6.45, 7) is 1.86. The van der Waals surface area contributed by atoms with E-state index < -0.39 is 4.92 Å². The predicted molar refractivity (Wildman–Crippen MR) is 69.8 cm³/mol. The molecule has 0 radical (unpaired) electrons. The summed E-state index contributed by atoms with van der Waals surface area (Å²) in [6.07, 6.45) is 1.45. The molecule has 1 heterocycles. The van der Waals surface area contributed by atoms with E-state index in [4.69, 9.17) is 4.74 Å². The van der Waals surface area contributed by atoms with Gasteiger partial charge in [0.05, 0.1) is 4.92 Å². The number of pyridine rings is 1. The van der Waals surface area contributed by atoms with Crippen LogP contribution in [0.5, 0.6) is 11.6 Å². The van der Waals surface area contributed by atoms with Gasteiger partial charge in [-0.2, -0.15) is 0 Å². The molecule has 0 amide bonds. The van der Waals surface area contributed by atoms with Crippen LogP contribution in [-0.4, -0.2) is 9.91 Å². The maximum Gasteiger partial charge on any atom is 0.331 e.